The number of carboxylic acids is 1. The molecule has 26 heavy (non-hydrogen) atoms. The molecule has 0 bridgehead atoms. The molecule has 1 aliphatic rings. The van der Waals surface area contributed by atoms with E-state index in [9.17, 15) is 9.90 Å². The summed E-state index contributed by atoms with van der Waals surface area (Å²) in [6, 6.07) is 16.5. The number of benzene rings is 2. The molecule has 0 aliphatic carbocycles. The lowest BCUT2D eigenvalue weighted by Crippen LogP contribution is -2.41. The van der Waals surface area contributed by atoms with Gasteiger partial charge in [-0.3, -0.25) is 14.3 Å². The number of hydrogen-bond donors (Lipinski definition) is 1. The number of para-hydroxylation sites is 2. The van der Waals surface area contributed by atoms with Gasteiger partial charge in [0.25, 0.3) is 0 Å². The van der Waals surface area contributed by atoms with Gasteiger partial charge in [0.15, 0.2) is 0 Å². The van der Waals surface area contributed by atoms with Crippen LogP contribution in [0.25, 0.3) is 16.7 Å². The molecule has 0 radical (unpaired) electrons. The summed E-state index contributed by atoms with van der Waals surface area (Å²) in [5.41, 5.74) is 4.36. The minimum atomic E-state index is -0.677. The van der Waals surface area contributed by atoms with Gasteiger partial charge in [0.2, 0.25) is 0 Å². The fraction of sp³-hybridized carbons (Fsp3) is 0.333. The zero-order valence-electron chi connectivity index (χ0n) is 14.9. The third kappa shape index (κ3) is 3.35. The van der Waals surface area contributed by atoms with Crippen LogP contribution in [-0.4, -0.2) is 38.6 Å². The topological polar surface area (TPSA) is 58.4 Å². The van der Waals surface area contributed by atoms with Crippen LogP contribution in [0.3, 0.4) is 0 Å². The normalized spacial score (nSPS) is 21.1. The van der Waals surface area contributed by atoms with Crippen molar-refractivity contribution < 1.29 is 9.90 Å². The van der Waals surface area contributed by atoms with Crippen molar-refractivity contribution >= 4 is 17.0 Å². The summed E-state index contributed by atoms with van der Waals surface area (Å²) >= 11 is 0. The van der Waals surface area contributed by atoms with Crippen molar-refractivity contribution in [2.45, 2.75) is 19.9 Å². The lowest BCUT2D eigenvalue weighted by atomic mass is 9.90. The second-order valence-corrected chi connectivity index (χ2v) is 7.34. The molecule has 0 saturated carbocycles. The maximum Gasteiger partial charge on any atom is 0.307 e. The second kappa shape index (κ2) is 6.92. The summed E-state index contributed by atoms with van der Waals surface area (Å²) in [6.45, 7) is 4.51. The maximum atomic E-state index is 11.3. The highest BCUT2D eigenvalue weighted by molar-refractivity contribution is 5.77. The van der Waals surface area contributed by atoms with Gasteiger partial charge >= 0.3 is 5.97 Å². The van der Waals surface area contributed by atoms with E-state index in [4.69, 9.17) is 0 Å². The van der Waals surface area contributed by atoms with Crippen LogP contribution in [-0.2, 0) is 11.3 Å². The Morgan fingerprint density at radius 1 is 1.15 bits per heavy atom. The molecule has 2 aromatic carbocycles. The van der Waals surface area contributed by atoms with Gasteiger partial charge in [0.1, 0.15) is 6.33 Å². The predicted octanol–water partition coefficient (Wildman–Crippen LogP) is 3.57. The average molecular weight is 349 g/mol. The summed E-state index contributed by atoms with van der Waals surface area (Å²) < 4.78 is 2.09. The van der Waals surface area contributed by atoms with E-state index in [1.54, 1.807) is 0 Å². The Balaban J connectivity index is 1.50. The van der Waals surface area contributed by atoms with Crippen LogP contribution < -0.4 is 0 Å². The van der Waals surface area contributed by atoms with E-state index in [1.165, 1.54) is 5.56 Å². The van der Waals surface area contributed by atoms with Gasteiger partial charge in [0, 0.05) is 25.3 Å². The number of nitrogens with zero attached hydrogens (tertiary/aromatic N) is 3. The Hall–Kier alpha value is -2.66. The highest BCUT2D eigenvalue weighted by Crippen LogP contribution is 2.24. The maximum absolute atomic E-state index is 11.3. The zero-order valence-corrected chi connectivity index (χ0v) is 14.9. The number of imidazole rings is 1. The van der Waals surface area contributed by atoms with Crippen molar-refractivity contribution in [2.24, 2.45) is 11.8 Å². The van der Waals surface area contributed by atoms with Gasteiger partial charge in [-0.15, -0.1) is 0 Å². The molecule has 134 valence electrons. The van der Waals surface area contributed by atoms with E-state index in [1.807, 2.05) is 24.5 Å². The Kier molecular flexibility index (Phi) is 4.47. The van der Waals surface area contributed by atoms with Crippen molar-refractivity contribution in [3.63, 3.8) is 0 Å². The first-order chi connectivity index (χ1) is 12.6. The van der Waals surface area contributed by atoms with E-state index in [0.29, 0.717) is 12.5 Å². The average Bonchev–Trinajstić information content (AvgIpc) is 3.06. The Morgan fingerprint density at radius 2 is 1.92 bits per heavy atom. The molecule has 1 N–H and O–H groups in total. The quantitative estimate of drug-likeness (QED) is 0.782. The number of hydrogen-bond acceptors (Lipinski definition) is 3. The molecule has 1 aliphatic heterocycles. The van der Waals surface area contributed by atoms with E-state index in [0.717, 1.165) is 36.2 Å². The van der Waals surface area contributed by atoms with Crippen LogP contribution in [0.15, 0.2) is 54.9 Å². The van der Waals surface area contributed by atoms with Gasteiger partial charge < -0.3 is 5.11 Å². The summed E-state index contributed by atoms with van der Waals surface area (Å²) in [4.78, 5) is 18.0. The third-order valence-electron chi connectivity index (χ3n) is 5.16. The van der Waals surface area contributed by atoms with Gasteiger partial charge in [-0.05, 0) is 42.2 Å². The summed E-state index contributed by atoms with van der Waals surface area (Å²) in [6.07, 6.45) is 2.63. The summed E-state index contributed by atoms with van der Waals surface area (Å²) in [5, 5.41) is 9.33. The van der Waals surface area contributed by atoms with Gasteiger partial charge in [-0.25, -0.2) is 4.98 Å². The molecule has 1 fully saturated rings. The van der Waals surface area contributed by atoms with Gasteiger partial charge in [-0.1, -0.05) is 31.2 Å². The third-order valence-corrected chi connectivity index (χ3v) is 5.16. The lowest BCUT2D eigenvalue weighted by molar-refractivity contribution is -0.144. The monoisotopic (exact) mass is 349 g/mol. The van der Waals surface area contributed by atoms with Gasteiger partial charge in [0.05, 0.1) is 17.0 Å². The van der Waals surface area contributed by atoms with E-state index in [2.05, 4.69) is 51.7 Å². The standard InChI is InChI=1S/C21H23N3O2/c1-15-10-17(21(25)26)13-23(11-15)12-16-6-8-18(9-7-16)24-14-22-19-4-2-3-5-20(19)24/h2-9,14-15,17H,10-13H2,1H3,(H,25,26). The van der Waals surface area contributed by atoms with Crippen LogP contribution in [0.2, 0.25) is 0 Å². The van der Waals surface area contributed by atoms with Crippen molar-refractivity contribution in [3.05, 3.63) is 60.4 Å². The van der Waals surface area contributed by atoms with Crippen molar-refractivity contribution in [2.75, 3.05) is 13.1 Å². The molecule has 0 amide bonds. The number of carboxylic acid groups (broad SMARTS) is 1. The number of aromatic nitrogens is 2. The summed E-state index contributed by atoms with van der Waals surface area (Å²) in [5.74, 6) is -0.513. The first-order valence-electron chi connectivity index (χ1n) is 9.06. The Labute approximate surface area is 152 Å². The lowest BCUT2D eigenvalue weighted by Gasteiger charge is -2.34. The fourth-order valence-corrected chi connectivity index (χ4v) is 3.95. The fourth-order valence-electron chi connectivity index (χ4n) is 3.95. The first kappa shape index (κ1) is 16.8. The Bertz CT molecular complexity index is 916. The van der Waals surface area contributed by atoms with Crippen molar-refractivity contribution in [1.29, 1.82) is 0 Å². The molecule has 5 nitrogen and oxygen atoms in total. The van der Waals surface area contributed by atoms with E-state index >= 15 is 0 Å². The minimum Gasteiger partial charge on any atom is -0.481 e. The second-order valence-electron chi connectivity index (χ2n) is 7.34. The summed E-state index contributed by atoms with van der Waals surface area (Å²) in [7, 11) is 0. The smallest absolute Gasteiger partial charge is 0.307 e. The number of fused-ring (bicyclic) bond motifs is 1. The highest BCUT2D eigenvalue weighted by atomic mass is 16.4. The molecular formula is C21H23N3O2. The van der Waals surface area contributed by atoms with E-state index in [-0.39, 0.29) is 5.92 Å². The zero-order chi connectivity index (χ0) is 18.1. The van der Waals surface area contributed by atoms with Crippen LogP contribution >= 0.6 is 0 Å². The molecule has 2 heterocycles. The minimum absolute atomic E-state index is 0.254. The Morgan fingerprint density at radius 3 is 2.69 bits per heavy atom. The van der Waals surface area contributed by atoms with Crippen LogP contribution in [0, 0.1) is 11.8 Å². The molecule has 3 aromatic rings. The molecular weight excluding hydrogens is 326 g/mol. The SMILES string of the molecule is CC1CC(C(=O)O)CN(Cc2ccc(-n3cnc4ccccc43)cc2)C1. The highest BCUT2D eigenvalue weighted by Gasteiger charge is 2.29. The number of rotatable bonds is 4. The van der Waals surface area contributed by atoms with Crippen molar-refractivity contribution in [3.8, 4) is 5.69 Å². The molecule has 0 spiro atoms. The number of carbonyl (C=O) groups is 1. The predicted molar refractivity (Wildman–Crippen MR) is 101 cm³/mol. The number of piperidine rings is 1. The molecule has 1 aromatic heterocycles. The van der Waals surface area contributed by atoms with Crippen molar-refractivity contribution in [1.82, 2.24) is 14.5 Å². The van der Waals surface area contributed by atoms with Crippen LogP contribution in [0.4, 0.5) is 0 Å². The van der Waals surface area contributed by atoms with E-state index < -0.39 is 5.97 Å². The molecule has 5 heteroatoms. The number of aliphatic carboxylic acids is 1. The molecule has 1 saturated heterocycles. The van der Waals surface area contributed by atoms with Crippen LogP contribution in [0.5, 0.6) is 0 Å². The largest absolute Gasteiger partial charge is 0.481 e. The number of likely N-dealkylation sites (tertiary alicyclic amines) is 1. The molecule has 2 unspecified atom stereocenters. The van der Waals surface area contributed by atoms with Crippen LogP contribution in [0.1, 0.15) is 18.9 Å². The molecule has 2 atom stereocenters. The first-order valence-corrected chi connectivity index (χ1v) is 9.06. The molecule has 4 rings (SSSR count). The van der Waals surface area contributed by atoms with Gasteiger partial charge in [-0.2, -0.15) is 0 Å².